The molecule has 7 nitrogen and oxygen atoms in total. The average Bonchev–Trinajstić information content (AvgIpc) is 3.03. The third-order valence-corrected chi connectivity index (χ3v) is 5.30. The van der Waals surface area contributed by atoms with Crippen LogP contribution in [0, 0.1) is 5.92 Å². The van der Waals surface area contributed by atoms with Crippen molar-refractivity contribution in [2.75, 3.05) is 6.61 Å². The first-order valence-corrected chi connectivity index (χ1v) is 9.94. The van der Waals surface area contributed by atoms with E-state index in [0.29, 0.717) is 0 Å². The minimum absolute atomic E-state index is 0.0791. The number of fused-ring (bicyclic) bond motifs is 3. The predicted octanol–water partition coefficient (Wildman–Crippen LogP) is 3.14. The predicted molar refractivity (Wildman–Crippen MR) is 112 cm³/mol. The molecule has 0 aromatic heterocycles. The molecule has 1 aliphatic carbocycles. The first-order chi connectivity index (χ1) is 14.3. The summed E-state index contributed by atoms with van der Waals surface area (Å²) in [4.78, 5) is 35.7. The standard InChI is InChI=1S/C23H26N2O5/c1-13(2)20(22(27)28)25-21(26)14(3)24-23(29)30-12-19-17-10-6-4-8-15(17)16-9-5-7-11-18(16)19/h4-11,13-14,19-20H,12H2,1-3H3,(H,24,29)(H,25,26)(H,27,28)/t14-,20?/m1/s1. The fourth-order valence-corrected chi connectivity index (χ4v) is 3.67. The summed E-state index contributed by atoms with van der Waals surface area (Å²) >= 11 is 0. The number of carboxylic acid groups (broad SMARTS) is 1. The largest absolute Gasteiger partial charge is 0.480 e. The summed E-state index contributed by atoms with van der Waals surface area (Å²) in [7, 11) is 0. The van der Waals surface area contributed by atoms with E-state index in [1.807, 2.05) is 48.5 Å². The van der Waals surface area contributed by atoms with E-state index in [-0.39, 0.29) is 18.4 Å². The van der Waals surface area contributed by atoms with Crippen LogP contribution < -0.4 is 10.6 Å². The molecular formula is C23H26N2O5. The number of carbonyl (C=O) groups excluding carboxylic acids is 2. The Bertz CT molecular complexity index is 911. The summed E-state index contributed by atoms with van der Waals surface area (Å²) in [6, 6.07) is 14.1. The number of alkyl carbamates (subject to hydrolysis) is 1. The van der Waals surface area contributed by atoms with Crippen LogP contribution in [-0.4, -0.2) is 41.8 Å². The smallest absolute Gasteiger partial charge is 0.407 e. The van der Waals surface area contributed by atoms with Gasteiger partial charge >= 0.3 is 12.1 Å². The highest BCUT2D eigenvalue weighted by atomic mass is 16.5. The zero-order valence-electron chi connectivity index (χ0n) is 17.2. The lowest BCUT2D eigenvalue weighted by Gasteiger charge is -2.21. The molecule has 0 saturated carbocycles. The van der Waals surface area contributed by atoms with Crippen LogP contribution in [0.2, 0.25) is 0 Å². The number of hydrogen-bond donors (Lipinski definition) is 3. The number of ether oxygens (including phenoxy) is 1. The van der Waals surface area contributed by atoms with Gasteiger partial charge in [-0.15, -0.1) is 0 Å². The summed E-state index contributed by atoms with van der Waals surface area (Å²) in [5.74, 6) is -2.06. The van der Waals surface area contributed by atoms with Gasteiger partial charge in [-0.25, -0.2) is 9.59 Å². The van der Waals surface area contributed by atoms with Crippen molar-refractivity contribution in [1.82, 2.24) is 10.6 Å². The Kier molecular flexibility index (Phi) is 6.40. The van der Waals surface area contributed by atoms with E-state index in [1.54, 1.807) is 13.8 Å². The second-order valence-electron chi connectivity index (χ2n) is 7.76. The Morgan fingerprint density at radius 3 is 1.97 bits per heavy atom. The Labute approximate surface area is 175 Å². The molecule has 2 aromatic rings. The number of hydrogen-bond acceptors (Lipinski definition) is 4. The van der Waals surface area contributed by atoms with E-state index in [9.17, 15) is 19.5 Å². The van der Waals surface area contributed by atoms with E-state index < -0.39 is 30.1 Å². The monoisotopic (exact) mass is 410 g/mol. The molecule has 158 valence electrons. The maximum atomic E-state index is 12.3. The fourth-order valence-electron chi connectivity index (χ4n) is 3.67. The normalized spacial score (nSPS) is 14.4. The van der Waals surface area contributed by atoms with Crippen LogP contribution in [0.3, 0.4) is 0 Å². The first-order valence-electron chi connectivity index (χ1n) is 9.94. The zero-order chi connectivity index (χ0) is 21.8. The lowest BCUT2D eigenvalue weighted by Crippen LogP contribution is -2.52. The van der Waals surface area contributed by atoms with Crippen LogP contribution in [0.1, 0.15) is 37.8 Å². The maximum Gasteiger partial charge on any atom is 0.407 e. The molecule has 2 aromatic carbocycles. The van der Waals surface area contributed by atoms with Gasteiger partial charge in [-0.2, -0.15) is 0 Å². The minimum atomic E-state index is -1.12. The van der Waals surface area contributed by atoms with E-state index in [4.69, 9.17) is 4.74 Å². The Morgan fingerprint density at radius 2 is 1.47 bits per heavy atom. The second kappa shape index (κ2) is 8.98. The molecule has 2 atom stereocenters. The molecule has 0 saturated heterocycles. The van der Waals surface area contributed by atoms with Gasteiger partial charge in [0.1, 0.15) is 18.7 Å². The highest BCUT2D eigenvalue weighted by Gasteiger charge is 2.30. The van der Waals surface area contributed by atoms with Gasteiger partial charge in [-0.1, -0.05) is 62.4 Å². The molecule has 7 heteroatoms. The van der Waals surface area contributed by atoms with Crippen molar-refractivity contribution in [3.05, 3.63) is 59.7 Å². The summed E-state index contributed by atoms with van der Waals surface area (Å²) in [6.45, 7) is 5.01. The van der Waals surface area contributed by atoms with Crippen molar-refractivity contribution in [2.45, 2.75) is 38.8 Å². The molecule has 0 heterocycles. The molecule has 30 heavy (non-hydrogen) atoms. The van der Waals surface area contributed by atoms with Crippen molar-refractivity contribution in [3.63, 3.8) is 0 Å². The minimum Gasteiger partial charge on any atom is -0.480 e. The number of nitrogens with one attached hydrogen (secondary N) is 2. The van der Waals surface area contributed by atoms with E-state index in [1.165, 1.54) is 6.92 Å². The van der Waals surface area contributed by atoms with Gasteiger partial charge in [0, 0.05) is 5.92 Å². The van der Waals surface area contributed by atoms with Gasteiger partial charge in [0.15, 0.2) is 0 Å². The van der Waals surface area contributed by atoms with Gasteiger partial charge in [0.25, 0.3) is 0 Å². The molecule has 0 bridgehead atoms. The van der Waals surface area contributed by atoms with Crippen LogP contribution in [0.5, 0.6) is 0 Å². The van der Waals surface area contributed by atoms with Gasteiger partial charge in [0.05, 0.1) is 0 Å². The number of rotatable bonds is 7. The second-order valence-corrected chi connectivity index (χ2v) is 7.76. The van der Waals surface area contributed by atoms with E-state index in [0.717, 1.165) is 22.3 Å². The highest BCUT2D eigenvalue weighted by molar-refractivity contribution is 5.89. The fraction of sp³-hybridized carbons (Fsp3) is 0.348. The summed E-state index contributed by atoms with van der Waals surface area (Å²) in [6.07, 6.45) is -0.726. The third kappa shape index (κ3) is 4.45. The highest BCUT2D eigenvalue weighted by Crippen LogP contribution is 2.44. The topological polar surface area (TPSA) is 105 Å². The number of benzene rings is 2. The van der Waals surface area contributed by atoms with Crippen molar-refractivity contribution in [2.24, 2.45) is 5.92 Å². The number of carbonyl (C=O) groups is 3. The summed E-state index contributed by atoms with van der Waals surface area (Å²) in [5, 5.41) is 14.1. The lowest BCUT2D eigenvalue weighted by atomic mass is 9.98. The summed E-state index contributed by atoms with van der Waals surface area (Å²) in [5.41, 5.74) is 4.45. The quantitative estimate of drug-likeness (QED) is 0.650. The molecule has 3 N–H and O–H groups in total. The molecule has 0 radical (unpaired) electrons. The molecule has 3 rings (SSSR count). The molecule has 1 aliphatic rings. The molecule has 0 fully saturated rings. The SMILES string of the molecule is CC(C)C(NC(=O)[C@@H](C)NC(=O)OCC1c2ccccc2-c2ccccc21)C(=O)O. The van der Waals surface area contributed by atoms with Gasteiger partial charge in [-0.3, -0.25) is 4.79 Å². The zero-order valence-corrected chi connectivity index (χ0v) is 17.2. The number of amides is 2. The van der Waals surface area contributed by atoms with Crippen LogP contribution in [-0.2, 0) is 14.3 Å². The van der Waals surface area contributed by atoms with E-state index in [2.05, 4.69) is 10.6 Å². The molecule has 1 unspecified atom stereocenters. The van der Waals surface area contributed by atoms with Crippen molar-refractivity contribution >= 4 is 18.0 Å². The van der Waals surface area contributed by atoms with Gasteiger partial charge in [0.2, 0.25) is 5.91 Å². The molecule has 0 spiro atoms. The van der Waals surface area contributed by atoms with Crippen molar-refractivity contribution < 1.29 is 24.2 Å². The van der Waals surface area contributed by atoms with Crippen LogP contribution in [0.25, 0.3) is 11.1 Å². The van der Waals surface area contributed by atoms with Crippen LogP contribution in [0.4, 0.5) is 4.79 Å². The van der Waals surface area contributed by atoms with Crippen LogP contribution >= 0.6 is 0 Å². The Balaban J connectivity index is 1.60. The Morgan fingerprint density at radius 1 is 0.933 bits per heavy atom. The first kappa shape index (κ1) is 21.4. The number of aliphatic carboxylic acids is 1. The van der Waals surface area contributed by atoms with E-state index >= 15 is 0 Å². The third-order valence-electron chi connectivity index (χ3n) is 5.30. The summed E-state index contributed by atoms with van der Waals surface area (Å²) < 4.78 is 5.41. The van der Waals surface area contributed by atoms with Crippen molar-refractivity contribution in [3.8, 4) is 11.1 Å². The lowest BCUT2D eigenvalue weighted by molar-refractivity contribution is -0.143. The maximum absolute atomic E-state index is 12.3. The average molecular weight is 410 g/mol. The molecule has 2 amide bonds. The van der Waals surface area contributed by atoms with Crippen molar-refractivity contribution in [1.29, 1.82) is 0 Å². The molecule has 0 aliphatic heterocycles. The van der Waals surface area contributed by atoms with Gasteiger partial charge < -0.3 is 20.5 Å². The number of carboxylic acids is 1. The van der Waals surface area contributed by atoms with Crippen LogP contribution in [0.15, 0.2) is 48.5 Å². The van der Waals surface area contributed by atoms with Gasteiger partial charge in [-0.05, 0) is 35.1 Å². The molecular weight excluding hydrogens is 384 g/mol. The Hall–Kier alpha value is -3.35.